The first-order valence-corrected chi connectivity index (χ1v) is 9.62. The van der Waals surface area contributed by atoms with Gasteiger partial charge in [-0.3, -0.25) is 9.48 Å². The molecule has 4 heteroatoms. The van der Waals surface area contributed by atoms with E-state index < -0.39 is 0 Å². The van der Waals surface area contributed by atoms with Crippen LogP contribution in [0.4, 0.5) is 0 Å². The van der Waals surface area contributed by atoms with Crippen molar-refractivity contribution in [2.75, 3.05) is 6.54 Å². The Balaban J connectivity index is 1.64. The summed E-state index contributed by atoms with van der Waals surface area (Å²) < 4.78 is 2.09. The number of amides is 1. The lowest BCUT2D eigenvalue weighted by Crippen LogP contribution is -2.38. The predicted octanol–water partition coefficient (Wildman–Crippen LogP) is 4.07. The Labute approximate surface area is 149 Å². The summed E-state index contributed by atoms with van der Waals surface area (Å²) in [6.45, 7) is 5.72. The van der Waals surface area contributed by atoms with E-state index in [4.69, 9.17) is 5.10 Å². The fourth-order valence-corrected chi connectivity index (χ4v) is 4.27. The molecule has 132 valence electrons. The summed E-state index contributed by atoms with van der Waals surface area (Å²) in [6.07, 6.45) is 6.66. The summed E-state index contributed by atoms with van der Waals surface area (Å²) in [5.41, 5.74) is 5.67. The molecule has 1 saturated carbocycles. The summed E-state index contributed by atoms with van der Waals surface area (Å²) in [6, 6.07) is 8.91. The van der Waals surface area contributed by atoms with Gasteiger partial charge < -0.3 is 4.90 Å². The first kappa shape index (κ1) is 16.4. The minimum absolute atomic E-state index is 0.168. The summed E-state index contributed by atoms with van der Waals surface area (Å²) in [4.78, 5) is 15.3. The molecule has 1 fully saturated rings. The molecule has 0 spiro atoms. The Morgan fingerprint density at radius 3 is 2.56 bits per heavy atom. The molecule has 2 aromatic rings. The molecular weight excluding hydrogens is 310 g/mol. The van der Waals surface area contributed by atoms with E-state index >= 15 is 0 Å². The highest BCUT2D eigenvalue weighted by Crippen LogP contribution is 2.34. The lowest BCUT2D eigenvalue weighted by molar-refractivity contribution is 0.0710. The Bertz CT molecular complexity index is 769. The summed E-state index contributed by atoms with van der Waals surface area (Å²) in [5.74, 6) is 0.168. The Morgan fingerprint density at radius 1 is 1.16 bits per heavy atom. The summed E-state index contributed by atoms with van der Waals surface area (Å²) in [5, 5.41) is 4.86. The minimum atomic E-state index is 0.168. The second-order valence-corrected chi connectivity index (χ2v) is 7.47. The van der Waals surface area contributed by atoms with Crippen molar-refractivity contribution in [2.45, 2.75) is 65.0 Å². The van der Waals surface area contributed by atoms with Crippen molar-refractivity contribution in [3.8, 4) is 0 Å². The van der Waals surface area contributed by atoms with Crippen LogP contribution in [0.2, 0.25) is 0 Å². The molecule has 0 N–H and O–H groups in total. The van der Waals surface area contributed by atoms with E-state index in [-0.39, 0.29) is 5.91 Å². The molecule has 1 aromatic carbocycles. The van der Waals surface area contributed by atoms with Crippen LogP contribution in [0, 0.1) is 6.92 Å². The molecular formula is C21H27N3O. The van der Waals surface area contributed by atoms with Crippen LogP contribution in [0.1, 0.15) is 71.5 Å². The normalized spacial score (nSPS) is 18.0. The zero-order valence-electron chi connectivity index (χ0n) is 15.3. The molecule has 4 rings (SSSR count). The first-order valence-electron chi connectivity index (χ1n) is 9.62. The van der Waals surface area contributed by atoms with Gasteiger partial charge in [0.05, 0.1) is 11.7 Å². The van der Waals surface area contributed by atoms with Crippen LogP contribution < -0.4 is 0 Å². The number of benzene rings is 1. The van der Waals surface area contributed by atoms with Gasteiger partial charge in [-0.15, -0.1) is 0 Å². The maximum absolute atomic E-state index is 13.3. The highest BCUT2D eigenvalue weighted by atomic mass is 16.2. The third-order valence-corrected chi connectivity index (χ3v) is 5.71. The molecule has 2 heterocycles. The number of nitrogens with zero attached hydrogens (tertiary/aromatic N) is 3. The van der Waals surface area contributed by atoms with Crippen molar-refractivity contribution >= 4 is 5.91 Å². The van der Waals surface area contributed by atoms with Crippen molar-refractivity contribution in [1.82, 2.24) is 14.7 Å². The van der Waals surface area contributed by atoms with Crippen LogP contribution in [0.15, 0.2) is 24.3 Å². The smallest absolute Gasteiger partial charge is 0.272 e. The van der Waals surface area contributed by atoms with Crippen LogP contribution >= 0.6 is 0 Å². The molecule has 1 aliphatic carbocycles. The number of hydrogen-bond acceptors (Lipinski definition) is 2. The number of aromatic nitrogens is 2. The minimum Gasteiger partial charge on any atom is -0.333 e. The van der Waals surface area contributed by atoms with Gasteiger partial charge in [-0.1, -0.05) is 49.6 Å². The molecule has 1 aromatic heterocycles. The van der Waals surface area contributed by atoms with Crippen molar-refractivity contribution in [3.63, 3.8) is 0 Å². The molecule has 0 saturated heterocycles. The standard InChI is InChI=1S/C21H27N3O/c1-3-19-18-12-13-23(14-16-10-8-15(2)9-11-16)21(25)20(18)24(22-19)17-6-4-5-7-17/h8-11,17H,3-7,12-14H2,1-2H3. The SMILES string of the molecule is CCc1nn(C2CCCC2)c2c1CCN(Cc1ccc(C)cc1)C2=O. The van der Waals surface area contributed by atoms with Gasteiger partial charge in [-0.2, -0.15) is 5.10 Å². The third-order valence-electron chi connectivity index (χ3n) is 5.71. The van der Waals surface area contributed by atoms with E-state index in [1.165, 1.54) is 29.5 Å². The van der Waals surface area contributed by atoms with Crippen LogP contribution in [-0.4, -0.2) is 27.1 Å². The van der Waals surface area contributed by atoms with E-state index in [2.05, 4.69) is 42.8 Å². The molecule has 0 radical (unpaired) electrons. The molecule has 1 amide bonds. The van der Waals surface area contributed by atoms with Crippen LogP contribution in [-0.2, 0) is 19.4 Å². The van der Waals surface area contributed by atoms with Crippen LogP contribution in [0.5, 0.6) is 0 Å². The topological polar surface area (TPSA) is 38.1 Å². The van der Waals surface area contributed by atoms with Crippen LogP contribution in [0.25, 0.3) is 0 Å². The predicted molar refractivity (Wildman–Crippen MR) is 98.7 cm³/mol. The van der Waals surface area contributed by atoms with Gasteiger partial charge in [0.1, 0.15) is 5.69 Å². The van der Waals surface area contributed by atoms with E-state index in [0.29, 0.717) is 12.6 Å². The number of carbonyl (C=O) groups excluding carboxylic acids is 1. The van der Waals surface area contributed by atoms with Gasteiger partial charge in [0.15, 0.2) is 0 Å². The molecule has 4 nitrogen and oxygen atoms in total. The zero-order chi connectivity index (χ0) is 17.4. The van der Waals surface area contributed by atoms with E-state index in [1.54, 1.807) is 0 Å². The Hall–Kier alpha value is -2.10. The number of aryl methyl sites for hydroxylation is 2. The molecule has 0 atom stereocenters. The highest BCUT2D eigenvalue weighted by Gasteiger charge is 2.34. The van der Waals surface area contributed by atoms with Gasteiger partial charge >= 0.3 is 0 Å². The number of fused-ring (bicyclic) bond motifs is 1. The number of carbonyl (C=O) groups is 1. The maximum atomic E-state index is 13.3. The van der Waals surface area contributed by atoms with Gasteiger partial charge in [0, 0.05) is 18.7 Å². The average Bonchev–Trinajstić information content (AvgIpc) is 3.26. The quantitative estimate of drug-likeness (QED) is 0.843. The van der Waals surface area contributed by atoms with Gasteiger partial charge in [-0.05, 0) is 38.2 Å². The van der Waals surface area contributed by atoms with Crippen molar-refractivity contribution in [3.05, 3.63) is 52.3 Å². The zero-order valence-corrected chi connectivity index (χ0v) is 15.3. The lowest BCUT2D eigenvalue weighted by Gasteiger charge is -2.28. The third kappa shape index (κ3) is 2.99. The second kappa shape index (κ2) is 6.66. The van der Waals surface area contributed by atoms with Gasteiger partial charge in [0.25, 0.3) is 5.91 Å². The molecule has 0 unspecified atom stereocenters. The maximum Gasteiger partial charge on any atom is 0.272 e. The molecule has 2 aliphatic rings. The van der Waals surface area contributed by atoms with Crippen LogP contribution in [0.3, 0.4) is 0 Å². The van der Waals surface area contributed by atoms with Gasteiger partial charge in [-0.25, -0.2) is 0 Å². The molecule has 25 heavy (non-hydrogen) atoms. The Kier molecular flexibility index (Phi) is 4.36. The van der Waals surface area contributed by atoms with E-state index in [1.807, 2.05) is 4.90 Å². The lowest BCUT2D eigenvalue weighted by atomic mass is 10.0. The molecule has 0 bridgehead atoms. The number of rotatable bonds is 4. The monoisotopic (exact) mass is 337 g/mol. The van der Waals surface area contributed by atoms with Gasteiger partial charge in [0.2, 0.25) is 0 Å². The van der Waals surface area contributed by atoms with Crippen molar-refractivity contribution in [2.24, 2.45) is 0 Å². The largest absolute Gasteiger partial charge is 0.333 e. The number of hydrogen-bond donors (Lipinski definition) is 0. The first-order chi connectivity index (χ1) is 12.2. The van der Waals surface area contributed by atoms with E-state index in [0.717, 1.165) is 43.6 Å². The Morgan fingerprint density at radius 2 is 1.88 bits per heavy atom. The van der Waals surface area contributed by atoms with Crippen molar-refractivity contribution in [1.29, 1.82) is 0 Å². The average molecular weight is 337 g/mol. The summed E-state index contributed by atoms with van der Waals surface area (Å²) >= 11 is 0. The highest BCUT2D eigenvalue weighted by molar-refractivity contribution is 5.95. The van der Waals surface area contributed by atoms with E-state index in [9.17, 15) is 4.79 Å². The second-order valence-electron chi connectivity index (χ2n) is 7.47. The fourth-order valence-electron chi connectivity index (χ4n) is 4.27. The fraction of sp³-hybridized carbons (Fsp3) is 0.524. The van der Waals surface area contributed by atoms with Crippen molar-refractivity contribution < 1.29 is 4.79 Å². The summed E-state index contributed by atoms with van der Waals surface area (Å²) in [7, 11) is 0. The molecule has 1 aliphatic heterocycles.